The number of carbonyl (C=O) groups is 2. The van der Waals surface area contributed by atoms with E-state index >= 15 is 0 Å². The average molecular weight is 511 g/mol. The number of amides is 2. The molecule has 36 heavy (non-hydrogen) atoms. The molecular weight excluding hydrogens is 456 g/mol. The van der Waals surface area contributed by atoms with Crippen LogP contribution in [0.3, 0.4) is 0 Å². The van der Waals surface area contributed by atoms with Crippen LogP contribution < -0.4 is 10.6 Å². The van der Waals surface area contributed by atoms with Crippen LogP contribution in [0, 0.1) is 0 Å². The molecule has 0 aromatic rings. The normalized spacial score (nSPS) is 19.9. The van der Waals surface area contributed by atoms with Gasteiger partial charge < -0.3 is 25.2 Å². The van der Waals surface area contributed by atoms with Gasteiger partial charge in [0.1, 0.15) is 6.10 Å². The van der Waals surface area contributed by atoms with E-state index < -0.39 is 12.2 Å². The molecule has 7 heteroatoms. The van der Waals surface area contributed by atoms with E-state index in [0.29, 0.717) is 39.0 Å². The number of aliphatic hydroxyl groups is 1. The molecule has 1 saturated heterocycles. The predicted octanol–water partition coefficient (Wildman–Crippen LogP) is 6.18. The second-order valence-corrected chi connectivity index (χ2v) is 10.1. The molecule has 0 radical (unpaired) electrons. The van der Waals surface area contributed by atoms with Crippen LogP contribution in [0.1, 0.15) is 123 Å². The minimum Gasteiger partial charge on any atom is -0.450 e. The van der Waals surface area contributed by atoms with Crippen LogP contribution >= 0.6 is 0 Å². The van der Waals surface area contributed by atoms with Crippen LogP contribution in [0.5, 0.6) is 0 Å². The number of nitrogens with one attached hydrogen (secondary N) is 2. The molecular formula is C29H54N2O5. The minimum absolute atomic E-state index is 0.118. The lowest BCUT2D eigenvalue weighted by Gasteiger charge is -2.33. The number of rotatable bonds is 21. The number of unbranched alkanes of at least 4 members (excludes halogenated alkanes) is 12. The molecule has 1 aliphatic rings. The number of carbonyl (C=O) groups excluding carboxylic acids is 2. The molecule has 0 aromatic carbocycles. The SMILES string of the molecule is CCCCCCCCC=CCCCCCCCCOC(=O)NCCCC(=O)NC1CCOC(C)C1O. The Bertz CT molecular complexity index is 584. The van der Waals surface area contributed by atoms with Crippen molar-refractivity contribution in [3.8, 4) is 0 Å². The van der Waals surface area contributed by atoms with Crippen molar-refractivity contribution in [3.05, 3.63) is 12.2 Å². The molecule has 3 atom stereocenters. The quantitative estimate of drug-likeness (QED) is 0.126. The van der Waals surface area contributed by atoms with Gasteiger partial charge in [-0.1, -0.05) is 76.9 Å². The van der Waals surface area contributed by atoms with Gasteiger partial charge >= 0.3 is 6.09 Å². The topological polar surface area (TPSA) is 96.9 Å². The average Bonchev–Trinajstić information content (AvgIpc) is 2.86. The van der Waals surface area contributed by atoms with Crippen molar-refractivity contribution in [2.45, 2.75) is 141 Å². The maximum absolute atomic E-state index is 12.0. The Labute approximate surface area is 220 Å². The number of aliphatic hydroxyl groups excluding tert-OH is 1. The number of alkyl carbamates (subject to hydrolysis) is 1. The lowest BCUT2D eigenvalue weighted by molar-refractivity contribution is -0.127. The van der Waals surface area contributed by atoms with Crippen LogP contribution in [-0.2, 0) is 14.3 Å². The molecule has 0 spiro atoms. The van der Waals surface area contributed by atoms with Gasteiger partial charge in [-0.25, -0.2) is 4.79 Å². The number of allylic oxidation sites excluding steroid dienone is 2. The highest BCUT2D eigenvalue weighted by atomic mass is 16.5. The Morgan fingerprint density at radius 2 is 1.53 bits per heavy atom. The maximum Gasteiger partial charge on any atom is 0.407 e. The molecule has 0 aromatic heterocycles. The summed E-state index contributed by atoms with van der Waals surface area (Å²) in [4.78, 5) is 23.8. The van der Waals surface area contributed by atoms with Gasteiger partial charge in [-0.2, -0.15) is 0 Å². The van der Waals surface area contributed by atoms with Crippen LogP contribution in [0.2, 0.25) is 0 Å². The van der Waals surface area contributed by atoms with E-state index in [2.05, 4.69) is 29.7 Å². The van der Waals surface area contributed by atoms with E-state index in [9.17, 15) is 14.7 Å². The Balaban J connectivity index is 1.83. The zero-order valence-corrected chi connectivity index (χ0v) is 23.1. The molecule has 3 N–H and O–H groups in total. The van der Waals surface area contributed by atoms with Crippen molar-refractivity contribution in [1.29, 1.82) is 0 Å². The van der Waals surface area contributed by atoms with Crippen LogP contribution in [-0.4, -0.2) is 55.1 Å². The van der Waals surface area contributed by atoms with Gasteiger partial charge in [0.05, 0.1) is 18.8 Å². The van der Waals surface area contributed by atoms with Crippen molar-refractivity contribution in [1.82, 2.24) is 10.6 Å². The van der Waals surface area contributed by atoms with Crippen molar-refractivity contribution in [2.24, 2.45) is 0 Å². The van der Waals surface area contributed by atoms with Crippen molar-refractivity contribution in [3.63, 3.8) is 0 Å². The molecule has 0 saturated carbocycles. The summed E-state index contributed by atoms with van der Waals surface area (Å²) in [5.74, 6) is -0.118. The van der Waals surface area contributed by atoms with E-state index in [4.69, 9.17) is 9.47 Å². The van der Waals surface area contributed by atoms with E-state index in [1.807, 2.05) is 0 Å². The molecule has 0 aliphatic carbocycles. The summed E-state index contributed by atoms with van der Waals surface area (Å²) in [5, 5.41) is 15.6. The number of hydrogen-bond donors (Lipinski definition) is 3. The van der Waals surface area contributed by atoms with Crippen LogP contribution in [0.15, 0.2) is 12.2 Å². The predicted molar refractivity (Wildman–Crippen MR) is 146 cm³/mol. The third kappa shape index (κ3) is 17.8. The Morgan fingerprint density at radius 3 is 2.19 bits per heavy atom. The van der Waals surface area contributed by atoms with E-state index in [1.54, 1.807) is 6.92 Å². The van der Waals surface area contributed by atoms with Crippen LogP contribution in [0.4, 0.5) is 4.79 Å². The fourth-order valence-electron chi connectivity index (χ4n) is 4.42. The van der Waals surface area contributed by atoms with Gasteiger partial charge in [-0.15, -0.1) is 0 Å². The van der Waals surface area contributed by atoms with Gasteiger partial charge in [-0.3, -0.25) is 4.79 Å². The zero-order chi connectivity index (χ0) is 26.3. The third-order valence-corrected chi connectivity index (χ3v) is 6.79. The lowest BCUT2D eigenvalue weighted by Crippen LogP contribution is -2.52. The molecule has 3 unspecified atom stereocenters. The lowest BCUT2D eigenvalue weighted by atomic mass is 10.0. The van der Waals surface area contributed by atoms with E-state index in [0.717, 1.165) is 12.8 Å². The molecule has 7 nitrogen and oxygen atoms in total. The second kappa shape index (κ2) is 22.6. The van der Waals surface area contributed by atoms with Gasteiger partial charge in [0, 0.05) is 19.6 Å². The minimum atomic E-state index is -0.683. The Morgan fingerprint density at radius 1 is 0.917 bits per heavy atom. The highest BCUT2D eigenvalue weighted by Gasteiger charge is 2.30. The molecule has 2 amide bonds. The van der Waals surface area contributed by atoms with Gasteiger partial charge in [0.2, 0.25) is 5.91 Å². The fraction of sp³-hybridized carbons (Fsp3) is 0.862. The Hall–Kier alpha value is -1.60. The monoisotopic (exact) mass is 510 g/mol. The van der Waals surface area contributed by atoms with Crippen molar-refractivity contribution in [2.75, 3.05) is 19.8 Å². The summed E-state index contributed by atoms with van der Waals surface area (Å²) in [6, 6.07) is -0.268. The molecule has 1 fully saturated rings. The Kier molecular flexibility index (Phi) is 20.3. The first-order chi connectivity index (χ1) is 17.5. The van der Waals surface area contributed by atoms with Crippen molar-refractivity contribution < 1.29 is 24.2 Å². The largest absolute Gasteiger partial charge is 0.450 e. The van der Waals surface area contributed by atoms with Crippen LogP contribution in [0.25, 0.3) is 0 Å². The van der Waals surface area contributed by atoms with Gasteiger partial charge in [0.25, 0.3) is 0 Å². The van der Waals surface area contributed by atoms with Gasteiger partial charge in [-0.05, 0) is 51.9 Å². The standard InChI is InChI=1S/C29H54N2O5/c1-3-4-5-6-7-8-9-10-11-12-13-14-15-16-17-18-23-36-29(34)30-22-19-20-27(32)31-26-21-24-35-25(2)28(26)33/h10-11,25-26,28,33H,3-9,12-24H2,1-2H3,(H,30,34)(H,31,32). The first-order valence-corrected chi connectivity index (χ1v) is 14.7. The highest BCUT2D eigenvalue weighted by molar-refractivity contribution is 5.76. The first-order valence-electron chi connectivity index (χ1n) is 14.7. The summed E-state index contributed by atoms with van der Waals surface area (Å²) < 4.78 is 10.6. The third-order valence-electron chi connectivity index (χ3n) is 6.79. The maximum atomic E-state index is 12.0. The number of ether oxygens (including phenoxy) is 2. The molecule has 1 heterocycles. The van der Waals surface area contributed by atoms with Crippen molar-refractivity contribution >= 4 is 12.0 Å². The van der Waals surface area contributed by atoms with Gasteiger partial charge in [0.15, 0.2) is 0 Å². The highest BCUT2D eigenvalue weighted by Crippen LogP contribution is 2.14. The molecule has 1 rings (SSSR count). The first kappa shape index (κ1) is 32.4. The number of hydrogen-bond acceptors (Lipinski definition) is 5. The smallest absolute Gasteiger partial charge is 0.407 e. The summed E-state index contributed by atoms with van der Waals surface area (Å²) in [5.41, 5.74) is 0. The molecule has 210 valence electrons. The summed E-state index contributed by atoms with van der Waals surface area (Å²) in [6.07, 6.45) is 22.3. The molecule has 1 aliphatic heterocycles. The van der Waals surface area contributed by atoms with E-state index in [1.165, 1.54) is 77.0 Å². The fourth-order valence-corrected chi connectivity index (χ4v) is 4.42. The molecule has 0 bridgehead atoms. The zero-order valence-electron chi connectivity index (χ0n) is 23.1. The summed E-state index contributed by atoms with van der Waals surface area (Å²) in [6.45, 7) is 5.43. The second-order valence-electron chi connectivity index (χ2n) is 10.1. The van der Waals surface area contributed by atoms with E-state index in [-0.39, 0.29) is 18.1 Å². The summed E-state index contributed by atoms with van der Waals surface area (Å²) >= 11 is 0. The summed E-state index contributed by atoms with van der Waals surface area (Å²) in [7, 11) is 0.